The van der Waals surface area contributed by atoms with Gasteiger partial charge in [-0.2, -0.15) is 0 Å². The van der Waals surface area contributed by atoms with Gasteiger partial charge in [0.25, 0.3) is 0 Å². The summed E-state index contributed by atoms with van der Waals surface area (Å²) in [4.78, 5) is 27.6. The zero-order chi connectivity index (χ0) is 22.7. The van der Waals surface area contributed by atoms with Gasteiger partial charge in [0.05, 0.1) is 18.2 Å². The number of amides is 2. The molecule has 168 valence electrons. The number of likely N-dealkylation sites (tertiary alicyclic amines) is 1. The van der Waals surface area contributed by atoms with Crippen molar-refractivity contribution in [1.29, 1.82) is 0 Å². The van der Waals surface area contributed by atoms with E-state index >= 15 is 0 Å². The summed E-state index contributed by atoms with van der Waals surface area (Å²) in [6, 6.07) is 13.3. The second-order valence-electron chi connectivity index (χ2n) is 8.33. The van der Waals surface area contributed by atoms with Gasteiger partial charge in [0.15, 0.2) is 0 Å². The van der Waals surface area contributed by atoms with Crippen molar-refractivity contribution in [2.45, 2.75) is 32.2 Å². The van der Waals surface area contributed by atoms with Gasteiger partial charge in [-0.3, -0.25) is 4.90 Å². The number of nitrogens with zero attached hydrogens (tertiary/aromatic N) is 1. The third kappa shape index (κ3) is 4.83. The van der Waals surface area contributed by atoms with E-state index in [1.54, 1.807) is 19.1 Å². The Morgan fingerprint density at radius 3 is 2.50 bits per heavy atom. The second-order valence-corrected chi connectivity index (χ2v) is 8.33. The molecule has 2 atom stereocenters. The first-order valence-corrected chi connectivity index (χ1v) is 11.0. The molecule has 0 aromatic heterocycles. The van der Waals surface area contributed by atoms with Gasteiger partial charge in [0.1, 0.15) is 5.82 Å². The molecule has 6 nitrogen and oxygen atoms in total. The van der Waals surface area contributed by atoms with Crippen LogP contribution in [0.4, 0.5) is 9.18 Å². The number of halogens is 1. The summed E-state index contributed by atoms with van der Waals surface area (Å²) in [5.41, 5.74) is 4.05. The standard InChI is InChI=1S/C25H28FN3O3/c1-3-32-24(30)22-21(27-25(31)28-23(22)18-8-10-20(26)11-9-18)15-29-13-12-19(14-29)17-6-4-16(2)5-7-17/h4-11,19,23H,3,12-15H2,1-2H3,(H2,27,28,31)/t19-,23+/m1/s1. The van der Waals surface area contributed by atoms with Crippen molar-refractivity contribution in [3.63, 3.8) is 0 Å². The highest BCUT2D eigenvalue weighted by molar-refractivity contribution is 5.95. The van der Waals surface area contributed by atoms with Gasteiger partial charge in [0, 0.05) is 18.8 Å². The molecule has 1 fully saturated rings. The molecular weight excluding hydrogens is 409 g/mol. The molecule has 2 aromatic carbocycles. The van der Waals surface area contributed by atoms with Crippen LogP contribution in [0.15, 0.2) is 59.8 Å². The van der Waals surface area contributed by atoms with E-state index in [4.69, 9.17) is 4.74 Å². The van der Waals surface area contributed by atoms with E-state index in [1.807, 2.05) is 0 Å². The summed E-state index contributed by atoms with van der Waals surface area (Å²) in [6.07, 6.45) is 1.01. The van der Waals surface area contributed by atoms with Crippen molar-refractivity contribution in [3.8, 4) is 0 Å². The summed E-state index contributed by atoms with van der Waals surface area (Å²) < 4.78 is 18.8. The smallest absolute Gasteiger partial charge is 0.338 e. The van der Waals surface area contributed by atoms with E-state index < -0.39 is 18.0 Å². The number of benzene rings is 2. The van der Waals surface area contributed by atoms with Crippen LogP contribution in [0, 0.1) is 12.7 Å². The molecule has 0 spiro atoms. The van der Waals surface area contributed by atoms with Gasteiger partial charge in [-0.15, -0.1) is 0 Å². The first kappa shape index (κ1) is 22.0. The van der Waals surface area contributed by atoms with Crippen LogP contribution in [0.25, 0.3) is 0 Å². The van der Waals surface area contributed by atoms with Gasteiger partial charge in [0.2, 0.25) is 0 Å². The van der Waals surface area contributed by atoms with E-state index in [2.05, 4.69) is 46.7 Å². The second kappa shape index (κ2) is 9.53. The minimum Gasteiger partial charge on any atom is -0.463 e. The molecule has 2 N–H and O–H groups in total. The molecule has 1 saturated heterocycles. The predicted octanol–water partition coefficient (Wildman–Crippen LogP) is 3.79. The summed E-state index contributed by atoms with van der Waals surface area (Å²) in [6.45, 7) is 6.17. The molecule has 4 rings (SSSR count). The first-order valence-electron chi connectivity index (χ1n) is 11.0. The van der Waals surface area contributed by atoms with Gasteiger partial charge < -0.3 is 15.4 Å². The molecule has 2 heterocycles. The Labute approximate surface area is 187 Å². The number of carbonyl (C=O) groups is 2. The summed E-state index contributed by atoms with van der Waals surface area (Å²) >= 11 is 0. The average molecular weight is 438 g/mol. The molecule has 0 saturated carbocycles. The fourth-order valence-corrected chi connectivity index (χ4v) is 4.41. The van der Waals surface area contributed by atoms with E-state index in [-0.39, 0.29) is 12.4 Å². The highest BCUT2D eigenvalue weighted by atomic mass is 19.1. The molecule has 2 aliphatic rings. The lowest BCUT2D eigenvalue weighted by Gasteiger charge is -2.31. The van der Waals surface area contributed by atoms with Crippen molar-refractivity contribution >= 4 is 12.0 Å². The van der Waals surface area contributed by atoms with E-state index in [0.717, 1.165) is 19.5 Å². The maximum Gasteiger partial charge on any atom is 0.338 e. The van der Waals surface area contributed by atoms with Crippen LogP contribution in [-0.4, -0.2) is 43.1 Å². The fourth-order valence-electron chi connectivity index (χ4n) is 4.41. The van der Waals surface area contributed by atoms with E-state index in [0.29, 0.717) is 29.3 Å². The summed E-state index contributed by atoms with van der Waals surface area (Å²) in [5.74, 6) is -0.457. The lowest BCUT2D eigenvalue weighted by Crippen LogP contribution is -2.48. The van der Waals surface area contributed by atoms with Crippen LogP contribution in [0.2, 0.25) is 0 Å². The SMILES string of the molecule is CCOC(=O)C1=C(CN2CC[C@@H](c3ccc(C)cc3)C2)NC(=O)N[C@H]1c1ccc(F)cc1. The topological polar surface area (TPSA) is 70.7 Å². The maximum atomic E-state index is 13.4. The highest BCUT2D eigenvalue weighted by Crippen LogP contribution is 2.31. The Bertz CT molecular complexity index is 1020. The zero-order valence-electron chi connectivity index (χ0n) is 18.4. The van der Waals surface area contributed by atoms with Crippen LogP contribution in [0.1, 0.15) is 42.0 Å². The largest absolute Gasteiger partial charge is 0.463 e. The van der Waals surface area contributed by atoms with Crippen molar-refractivity contribution < 1.29 is 18.7 Å². The lowest BCUT2D eigenvalue weighted by atomic mass is 9.95. The lowest BCUT2D eigenvalue weighted by molar-refractivity contribution is -0.139. The van der Waals surface area contributed by atoms with Crippen LogP contribution < -0.4 is 10.6 Å². The Balaban J connectivity index is 1.60. The number of nitrogens with one attached hydrogen (secondary N) is 2. The van der Waals surface area contributed by atoms with Gasteiger partial charge in [-0.25, -0.2) is 14.0 Å². The zero-order valence-corrected chi connectivity index (χ0v) is 18.4. The van der Waals surface area contributed by atoms with Gasteiger partial charge in [-0.1, -0.05) is 42.0 Å². The number of rotatable bonds is 6. The van der Waals surface area contributed by atoms with E-state index in [9.17, 15) is 14.0 Å². The minimum absolute atomic E-state index is 0.221. The fraction of sp³-hybridized carbons (Fsp3) is 0.360. The first-order chi connectivity index (χ1) is 15.4. The Morgan fingerprint density at radius 2 is 1.81 bits per heavy atom. The number of carbonyl (C=O) groups excluding carboxylic acids is 2. The van der Waals surface area contributed by atoms with Crippen molar-refractivity contribution in [2.24, 2.45) is 0 Å². The molecule has 0 aliphatic carbocycles. The quantitative estimate of drug-likeness (QED) is 0.675. The summed E-state index contributed by atoms with van der Waals surface area (Å²) in [7, 11) is 0. The van der Waals surface area contributed by atoms with Gasteiger partial charge in [-0.05, 0) is 56.0 Å². The van der Waals surface area contributed by atoms with Crippen LogP contribution in [0.5, 0.6) is 0 Å². The van der Waals surface area contributed by atoms with Crippen molar-refractivity contribution in [2.75, 3.05) is 26.2 Å². The Morgan fingerprint density at radius 1 is 1.12 bits per heavy atom. The molecule has 2 aliphatic heterocycles. The van der Waals surface area contributed by atoms with Crippen LogP contribution in [-0.2, 0) is 9.53 Å². The number of ether oxygens (including phenoxy) is 1. The molecule has 32 heavy (non-hydrogen) atoms. The van der Waals surface area contributed by atoms with Crippen molar-refractivity contribution in [1.82, 2.24) is 15.5 Å². The third-order valence-corrected chi connectivity index (χ3v) is 6.06. The number of esters is 1. The third-order valence-electron chi connectivity index (χ3n) is 6.06. The maximum absolute atomic E-state index is 13.4. The molecule has 2 aromatic rings. The van der Waals surface area contributed by atoms with Crippen molar-refractivity contribution in [3.05, 3.63) is 82.3 Å². The number of hydrogen-bond donors (Lipinski definition) is 2. The molecule has 0 radical (unpaired) electrons. The highest BCUT2D eigenvalue weighted by Gasteiger charge is 2.35. The monoisotopic (exact) mass is 437 g/mol. The molecule has 2 amide bonds. The Hall–Kier alpha value is -3.19. The number of aryl methyl sites for hydroxylation is 1. The Kier molecular flexibility index (Phi) is 6.55. The normalized spacial score (nSPS) is 21.3. The van der Waals surface area contributed by atoms with Gasteiger partial charge >= 0.3 is 12.0 Å². The van der Waals surface area contributed by atoms with Crippen LogP contribution in [0.3, 0.4) is 0 Å². The minimum atomic E-state index is -0.700. The van der Waals surface area contributed by atoms with Crippen LogP contribution >= 0.6 is 0 Å². The molecule has 0 bridgehead atoms. The summed E-state index contributed by atoms with van der Waals surface area (Å²) in [5, 5.41) is 5.61. The predicted molar refractivity (Wildman–Crippen MR) is 119 cm³/mol. The number of urea groups is 1. The number of hydrogen-bond acceptors (Lipinski definition) is 4. The molecule has 0 unspecified atom stereocenters. The van der Waals surface area contributed by atoms with E-state index in [1.165, 1.54) is 23.3 Å². The molecule has 7 heteroatoms. The molecular formula is C25H28FN3O3. The average Bonchev–Trinajstić information content (AvgIpc) is 3.23.